The SMILES string of the molecule is N#Cc1cc(O)c(O)c(C#N)c1-c1ccc(C(N)=O)cc1. The Morgan fingerprint density at radius 1 is 1.10 bits per heavy atom. The van der Waals surface area contributed by atoms with Crippen LogP contribution in [0.25, 0.3) is 11.1 Å². The maximum absolute atomic E-state index is 11.0. The first-order valence-electron chi connectivity index (χ1n) is 5.79. The molecule has 0 fully saturated rings. The molecule has 0 atom stereocenters. The fourth-order valence-corrected chi connectivity index (χ4v) is 1.96. The van der Waals surface area contributed by atoms with Crippen LogP contribution < -0.4 is 5.73 Å². The van der Waals surface area contributed by atoms with Crippen molar-refractivity contribution in [3.8, 4) is 34.8 Å². The van der Waals surface area contributed by atoms with Crippen molar-refractivity contribution in [1.29, 1.82) is 10.5 Å². The van der Waals surface area contributed by atoms with Gasteiger partial charge >= 0.3 is 0 Å². The number of benzene rings is 2. The van der Waals surface area contributed by atoms with Crippen molar-refractivity contribution in [2.24, 2.45) is 5.73 Å². The van der Waals surface area contributed by atoms with E-state index >= 15 is 0 Å². The third-order valence-corrected chi connectivity index (χ3v) is 2.97. The van der Waals surface area contributed by atoms with Crippen LogP contribution in [0.15, 0.2) is 30.3 Å². The minimum atomic E-state index is -0.601. The highest BCUT2D eigenvalue weighted by molar-refractivity contribution is 5.93. The zero-order chi connectivity index (χ0) is 15.6. The predicted molar refractivity (Wildman–Crippen MR) is 73.2 cm³/mol. The van der Waals surface area contributed by atoms with Crippen molar-refractivity contribution >= 4 is 5.91 Å². The number of primary amides is 1. The van der Waals surface area contributed by atoms with E-state index in [1.807, 2.05) is 6.07 Å². The summed E-state index contributed by atoms with van der Waals surface area (Å²) in [5, 5.41) is 37.5. The molecule has 0 spiro atoms. The predicted octanol–water partition coefficient (Wildman–Crippen LogP) is 1.61. The molecule has 4 N–H and O–H groups in total. The maximum Gasteiger partial charge on any atom is 0.248 e. The number of aromatic hydroxyl groups is 2. The first kappa shape index (κ1) is 13.9. The summed E-state index contributed by atoms with van der Waals surface area (Å²) >= 11 is 0. The van der Waals surface area contributed by atoms with Crippen LogP contribution in [-0.4, -0.2) is 16.1 Å². The van der Waals surface area contributed by atoms with Gasteiger partial charge in [0.2, 0.25) is 5.91 Å². The van der Waals surface area contributed by atoms with Crippen LogP contribution in [0.5, 0.6) is 11.5 Å². The van der Waals surface area contributed by atoms with E-state index in [9.17, 15) is 15.0 Å². The molecule has 0 saturated carbocycles. The minimum Gasteiger partial charge on any atom is -0.504 e. The Kier molecular flexibility index (Phi) is 3.47. The number of amides is 1. The van der Waals surface area contributed by atoms with Gasteiger partial charge in [0.25, 0.3) is 0 Å². The maximum atomic E-state index is 11.0. The van der Waals surface area contributed by atoms with Crippen molar-refractivity contribution in [1.82, 2.24) is 0 Å². The molecule has 0 heterocycles. The molecule has 0 radical (unpaired) electrons. The summed E-state index contributed by atoms with van der Waals surface area (Å²) in [5.74, 6) is -1.73. The van der Waals surface area contributed by atoms with Gasteiger partial charge in [-0.05, 0) is 17.7 Å². The van der Waals surface area contributed by atoms with Crippen molar-refractivity contribution in [2.45, 2.75) is 0 Å². The molecule has 102 valence electrons. The van der Waals surface area contributed by atoms with Crippen molar-refractivity contribution in [3.63, 3.8) is 0 Å². The molecule has 2 rings (SSSR count). The van der Waals surface area contributed by atoms with Crippen LogP contribution in [0, 0.1) is 22.7 Å². The molecule has 0 aromatic heterocycles. The Bertz CT molecular complexity index is 812. The highest BCUT2D eigenvalue weighted by Crippen LogP contribution is 2.38. The first-order valence-corrected chi connectivity index (χ1v) is 5.79. The molecule has 2 aromatic rings. The zero-order valence-electron chi connectivity index (χ0n) is 10.7. The number of nitrogens with two attached hydrogens (primary N) is 1. The highest BCUT2D eigenvalue weighted by Gasteiger charge is 2.19. The second-order valence-corrected chi connectivity index (χ2v) is 4.21. The topological polar surface area (TPSA) is 131 Å². The second kappa shape index (κ2) is 5.24. The molecule has 6 nitrogen and oxygen atoms in total. The van der Waals surface area contributed by atoms with Gasteiger partial charge < -0.3 is 15.9 Å². The van der Waals surface area contributed by atoms with Gasteiger partial charge in [0.05, 0.1) is 11.6 Å². The van der Waals surface area contributed by atoms with Crippen molar-refractivity contribution in [3.05, 3.63) is 47.0 Å². The summed E-state index contributed by atoms with van der Waals surface area (Å²) in [4.78, 5) is 11.0. The van der Waals surface area contributed by atoms with E-state index in [-0.39, 0.29) is 22.3 Å². The Labute approximate surface area is 119 Å². The van der Waals surface area contributed by atoms with Gasteiger partial charge in [-0.2, -0.15) is 10.5 Å². The molecule has 1 amide bonds. The molecule has 6 heteroatoms. The summed E-state index contributed by atoms with van der Waals surface area (Å²) in [5.41, 5.74) is 5.88. The summed E-state index contributed by atoms with van der Waals surface area (Å²) in [6.45, 7) is 0. The average Bonchev–Trinajstić information content (AvgIpc) is 2.49. The van der Waals surface area contributed by atoms with Gasteiger partial charge in [0.1, 0.15) is 11.6 Å². The van der Waals surface area contributed by atoms with E-state index in [1.54, 1.807) is 6.07 Å². The standard InChI is InChI=1S/C15H9N3O3/c16-6-10-5-12(19)14(20)11(7-17)13(10)8-1-3-9(4-2-8)15(18)21/h1-5,19-20H,(H2,18,21). The molecule has 0 aliphatic carbocycles. The number of hydrogen-bond acceptors (Lipinski definition) is 5. The first-order chi connectivity index (χ1) is 9.99. The molecule has 0 aliphatic heterocycles. The number of carbonyl (C=O) groups excluding carboxylic acids is 1. The van der Waals surface area contributed by atoms with Crippen LogP contribution in [0.4, 0.5) is 0 Å². The quantitative estimate of drug-likeness (QED) is 0.718. The fraction of sp³-hybridized carbons (Fsp3) is 0. The van der Waals surface area contributed by atoms with Crippen LogP contribution >= 0.6 is 0 Å². The summed E-state index contributed by atoms with van der Waals surface area (Å²) in [7, 11) is 0. The molecule has 0 saturated heterocycles. The Balaban J connectivity index is 2.74. The Morgan fingerprint density at radius 3 is 2.19 bits per heavy atom. The van der Waals surface area contributed by atoms with Gasteiger partial charge in [-0.3, -0.25) is 4.79 Å². The number of hydrogen-bond donors (Lipinski definition) is 3. The molecule has 0 aliphatic rings. The lowest BCUT2D eigenvalue weighted by atomic mass is 9.93. The van der Waals surface area contributed by atoms with Crippen LogP contribution in [0.2, 0.25) is 0 Å². The van der Waals surface area contributed by atoms with E-state index in [1.165, 1.54) is 24.3 Å². The van der Waals surface area contributed by atoms with Crippen molar-refractivity contribution < 1.29 is 15.0 Å². The number of phenols is 2. The van der Waals surface area contributed by atoms with Gasteiger partial charge in [-0.25, -0.2) is 0 Å². The smallest absolute Gasteiger partial charge is 0.248 e. The third-order valence-electron chi connectivity index (χ3n) is 2.97. The summed E-state index contributed by atoms with van der Waals surface area (Å²) < 4.78 is 0. The van der Waals surface area contributed by atoms with Crippen LogP contribution in [0.1, 0.15) is 21.5 Å². The van der Waals surface area contributed by atoms with E-state index in [2.05, 4.69) is 0 Å². The van der Waals surface area contributed by atoms with Gasteiger partial charge in [0.15, 0.2) is 11.5 Å². The minimum absolute atomic E-state index is 0.0358. The number of phenolic OH excluding ortho intramolecular Hbond substituents is 2. The van der Waals surface area contributed by atoms with E-state index in [4.69, 9.17) is 16.3 Å². The largest absolute Gasteiger partial charge is 0.504 e. The van der Waals surface area contributed by atoms with Gasteiger partial charge in [0, 0.05) is 17.2 Å². The summed E-state index contributed by atoms with van der Waals surface area (Å²) in [6, 6.07) is 10.6. The molecule has 21 heavy (non-hydrogen) atoms. The lowest BCUT2D eigenvalue weighted by Crippen LogP contribution is -2.10. The Morgan fingerprint density at radius 2 is 1.71 bits per heavy atom. The van der Waals surface area contributed by atoms with Crippen LogP contribution in [-0.2, 0) is 0 Å². The molecule has 0 unspecified atom stereocenters. The normalized spacial score (nSPS) is 9.62. The van der Waals surface area contributed by atoms with E-state index in [0.29, 0.717) is 5.56 Å². The second-order valence-electron chi connectivity index (χ2n) is 4.21. The molecule has 2 aromatic carbocycles. The molecule has 0 bridgehead atoms. The number of nitriles is 2. The van der Waals surface area contributed by atoms with Crippen molar-refractivity contribution in [2.75, 3.05) is 0 Å². The third kappa shape index (κ3) is 2.34. The highest BCUT2D eigenvalue weighted by atomic mass is 16.3. The number of rotatable bonds is 2. The molecular formula is C15H9N3O3. The number of nitrogens with zero attached hydrogens (tertiary/aromatic N) is 2. The van der Waals surface area contributed by atoms with Gasteiger partial charge in [-0.15, -0.1) is 0 Å². The fourth-order valence-electron chi connectivity index (χ4n) is 1.96. The summed E-state index contributed by atoms with van der Waals surface area (Å²) in [6.07, 6.45) is 0. The monoisotopic (exact) mass is 279 g/mol. The van der Waals surface area contributed by atoms with Crippen LogP contribution in [0.3, 0.4) is 0 Å². The lowest BCUT2D eigenvalue weighted by molar-refractivity contribution is 0.100. The zero-order valence-corrected chi connectivity index (χ0v) is 10.7. The average molecular weight is 279 g/mol. The van der Waals surface area contributed by atoms with E-state index < -0.39 is 17.4 Å². The van der Waals surface area contributed by atoms with E-state index in [0.717, 1.165) is 6.07 Å². The lowest BCUT2D eigenvalue weighted by Gasteiger charge is -2.10. The molecular weight excluding hydrogens is 270 g/mol. The van der Waals surface area contributed by atoms with Gasteiger partial charge in [-0.1, -0.05) is 12.1 Å². The number of carbonyl (C=O) groups is 1. The Hall–Kier alpha value is -3.51.